The molecule has 1 heterocycles. The molecule has 2 aromatic carbocycles. The number of fused-ring (bicyclic) bond motifs is 1. The number of phenolic OH excluding ortho intramolecular Hbond substituents is 1. The van der Waals surface area contributed by atoms with E-state index < -0.39 is 0 Å². The highest BCUT2D eigenvalue weighted by molar-refractivity contribution is 9.10. The van der Waals surface area contributed by atoms with Crippen LogP contribution in [0, 0.1) is 0 Å². The molecule has 0 fully saturated rings. The number of rotatable bonds is 4. The lowest BCUT2D eigenvalue weighted by Crippen LogP contribution is -2.27. The third-order valence-electron chi connectivity index (χ3n) is 3.79. The Kier molecular flexibility index (Phi) is 4.39. The van der Waals surface area contributed by atoms with Crippen molar-refractivity contribution in [2.75, 3.05) is 0 Å². The van der Waals surface area contributed by atoms with Gasteiger partial charge in [0.15, 0.2) is 0 Å². The summed E-state index contributed by atoms with van der Waals surface area (Å²) in [5.74, 6) is -0.0793. The lowest BCUT2D eigenvalue weighted by Gasteiger charge is -2.17. The van der Waals surface area contributed by atoms with Crippen LogP contribution in [-0.2, 0) is 0 Å². The van der Waals surface area contributed by atoms with E-state index in [1.54, 1.807) is 12.1 Å². The number of amides is 1. The summed E-state index contributed by atoms with van der Waals surface area (Å²) in [5, 5.41) is 13.2. The number of hydrogen-bond acceptors (Lipinski definition) is 3. The normalized spacial score (nSPS) is 12.3. The van der Waals surface area contributed by atoms with Gasteiger partial charge in [-0.3, -0.25) is 4.79 Å². The molecule has 2 N–H and O–H groups in total. The van der Waals surface area contributed by atoms with Gasteiger partial charge in [0, 0.05) is 15.9 Å². The summed E-state index contributed by atoms with van der Waals surface area (Å²) in [4.78, 5) is 12.6. The fraction of sp³-hybridized carbons (Fsp3) is 0.167. The molecule has 3 rings (SSSR count). The molecule has 0 spiro atoms. The van der Waals surface area contributed by atoms with Crippen molar-refractivity contribution in [3.05, 3.63) is 64.3 Å². The molecule has 0 bridgehead atoms. The second-order valence-electron chi connectivity index (χ2n) is 5.32. The van der Waals surface area contributed by atoms with Crippen LogP contribution in [0.2, 0.25) is 0 Å². The first kappa shape index (κ1) is 15.6. The van der Waals surface area contributed by atoms with Crippen molar-refractivity contribution in [1.29, 1.82) is 0 Å². The zero-order valence-electron chi connectivity index (χ0n) is 12.5. The molecule has 4 nitrogen and oxygen atoms in total. The molecule has 118 valence electrons. The number of halogens is 1. The van der Waals surface area contributed by atoms with E-state index in [2.05, 4.69) is 21.2 Å². The molecular formula is C18H16BrNO3. The van der Waals surface area contributed by atoms with Crippen molar-refractivity contribution in [1.82, 2.24) is 5.32 Å². The third kappa shape index (κ3) is 3.24. The van der Waals surface area contributed by atoms with Gasteiger partial charge < -0.3 is 14.8 Å². The predicted octanol–water partition coefficient (Wildman–Crippen LogP) is 4.78. The summed E-state index contributed by atoms with van der Waals surface area (Å²) >= 11 is 3.41. The largest absolute Gasteiger partial charge is 0.508 e. The van der Waals surface area contributed by atoms with Crippen LogP contribution in [0.5, 0.6) is 5.75 Å². The second kappa shape index (κ2) is 6.46. The van der Waals surface area contributed by atoms with Crippen molar-refractivity contribution in [3.8, 4) is 5.75 Å². The smallest absolute Gasteiger partial charge is 0.255 e. The molecule has 0 radical (unpaired) electrons. The molecule has 1 atom stereocenters. The van der Waals surface area contributed by atoms with Crippen molar-refractivity contribution < 1.29 is 14.3 Å². The van der Waals surface area contributed by atoms with Gasteiger partial charge >= 0.3 is 0 Å². The molecule has 0 aliphatic heterocycles. The van der Waals surface area contributed by atoms with Crippen LogP contribution in [0.1, 0.15) is 35.3 Å². The summed E-state index contributed by atoms with van der Waals surface area (Å²) in [6.45, 7) is 2.03. The first-order valence-corrected chi connectivity index (χ1v) is 8.14. The number of nitrogens with one attached hydrogen (secondary N) is 1. The van der Waals surface area contributed by atoms with E-state index >= 15 is 0 Å². The molecule has 23 heavy (non-hydrogen) atoms. The van der Waals surface area contributed by atoms with E-state index in [4.69, 9.17) is 4.42 Å². The van der Waals surface area contributed by atoms with E-state index in [1.807, 2.05) is 31.2 Å². The van der Waals surface area contributed by atoms with Gasteiger partial charge in [-0.25, -0.2) is 0 Å². The highest BCUT2D eigenvalue weighted by atomic mass is 79.9. The van der Waals surface area contributed by atoms with Crippen LogP contribution >= 0.6 is 15.9 Å². The predicted molar refractivity (Wildman–Crippen MR) is 92.5 cm³/mol. The number of hydrogen-bond donors (Lipinski definition) is 2. The minimum Gasteiger partial charge on any atom is -0.508 e. The molecule has 0 aliphatic rings. The number of benzene rings is 2. The maximum atomic E-state index is 12.6. The fourth-order valence-corrected chi connectivity index (χ4v) is 2.81. The second-order valence-corrected chi connectivity index (χ2v) is 6.23. The summed E-state index contributed by atoms with van der Waals surface area (Å²) in [7, 11) is 0. The summed E-state index contributed by atoms with van der Waals surface area (Å²) in [6, 6.07) is 12.6. The molecule has 0 saturated carbocycles. The number of furan rings is 1. The highest BCUT2D eigenvalue weighted by Crippen LogP contribution is 2.26. The SMILES string of the molecule is CCC(NC(=O)c1coc2cc(O)ccc12)c1ccc(Br)cc1. The topological polar surface area (TPSA) is 62.5 Å². The van der Waals surface area contributed by atoms with Gasteiger partial charge in [-0.2, -0.15) is 0 Å². The maximum absolute atomic E-state index is 12.6. The van der Waals surface area contributed by atoms with Crippen LogP contribution in [0.25, 0.3) is 11.0 Å². The summed E-state index contributed by atoms with van der Waals surface area (Å²) in [5.41, 5.74) is 2.01. The quantitative estimate of drug-likeness (QED) is 0.691. The Hall–Kier alpha value is -2.27. The molecule has 5 heteroatoms. The number of carbonyl (C=O) groups is 1. The Morgan fingerprint density at radius 2 is 2.00 bits per heavy atom. The average Bonchev–Trinajstić information content (AvgIpc) is 2.96. The van der Waals surface area contributed by atoms with Gasteiger partial charge in [0.2, 0.25) is 0 Å². The molecular weight excluding hydrogens is 358 g/mol. The summed E-state index contributed by atoms with van der Waals surface area (Å²) in [6.07, 6.45) is 2.21. The van der Waals surface area contributed by atoms with Gasteiger partial charge in [0.25, 0.3) is 5.91 Å². The van der Waals surface area contributed by atoms with E-state index in [9.17, 15) is 9.90 Å². The number of aromatic hydroxyl groups is 1. The average molecular weight is 374 g/mol. The van der Waals surface area contributed by atoms with Crippen LogP contribution in [0.4, 0.5) is 0 Å². The van der Waals surface area contributed by atoms with Crippen molar-refractivity contribution in [3.63, 3.8) is 0 Å². The van der Waals surface area contributed by atoms with Crippen molar-refractivity contribution in [2.24, 2.45) is 0 Å². The van der Waals surface area contributed by atoms with E-state index in [1.165, 1.54) is 12.3 Å². The minimum atomic E-state index is -0.191. The fourth-order valence-electron chi connectivity index (χ4n) is 2.54. The van der Waals surface area contributed by atoms with Crippen molar-refractivity contribution >= 4 is 32.8 Å². The van der Waals surface area contributed by atoms with Gasteiger partial charge in [0.05, 0.1) is 11.6 Å². The first-order chi connectivity index (χ1) is 11.1. The molecule has 1 aromatic heterocycles. The van der Waals surface area contributed by atoms with Crippen LogP contribution < -0.4 is 5.32 Å². The lowest BCUT2D eigenvalue weighted by molar-refractivity contribution is 0.0936. The highest BCUT2D eigenvalue weighted by Gasteiger charge is 2.18. The van der Waals surface area contributed by atoms with Gasteiger partial charge in [-0.15, -0.1) is 0 Å². The number of phenols is 1. The zero-order chi connectivity index (χ0) is 16.4. The van der Waals surface area contributed by atoms with E-state index in [0.29, 0.717) is 16.5 Å². The van der Waals surface area contributed by atoms with Crippen LogP contribution in [-0.4, -0.2) is 11.0 Å². The molecule has 1 unspecified atom stereocenters. The van der Waals surface area contributed by atoms with Crippen LogP contribution in [0.3, 0.4) is 0 Å². The standard InChI is InChI=1S/C18H16BrNO3/c1-2-16(11-3-5-12(19)6-4-11)20-18(22)15-10-23-17-9-13(21)7-8-14(15)17/h3-10,16,21H,2H2,1H3,(H,20,22). The lowest BCUT2D eigenvalue weighted by atomic mass is 10.0. The minimum absolute atomic E-state index is 0.0716. The monoisotopic (exact) mass is 373 g/mol. The number of carbonyl (C=O) groups excluding carboxylic acids is 1. The maximum Gasteiger partial charge on any atom is 0.255 e. The Morgan fingerprint density at radius 3 is 2.70 bits per heavy atom. The van der Waals surface area contributed by atoms with Gasteiger partial charge in [-0.05, 0) is 36.2 Å². The van der Waals surface area contributed by atoms with Gasteiger partial charge in [0.1, 0.15) is 17.6 Å². The van der Waals surface area contributed by atoms with E-state index in [0.717, 1.165) is 16.5 Å². The van der Waals surface area contributed by atoms with E-state index in [-0.39, 0.29) is 17.7 Å². The molecule has 0 saturated heterocycles. The third-order valence-corrected chi connectivity index (χ3v) is 4.32. The Bertz CT molecular complexity index is 839. The first-order valence-electron chi connectivity index (χ1n) is 7.35. The van der Waals surface area contributed by atoms with Crippen LogP contribution in [0.15, 0.2) is 57.6 Å². The summed E-state index contributed by atoms with van der Waals surface area (Å²) < 4.78 is 6.36. The molecule has 0 aliphatic carbocycles. The zero-order valence-corrected chi connectivity index (χ0v) is 14.1. The Morgan fingerprint density at radius 1 is 1.26 bits per heavy atom. The van der Waals surface area contributed by atoms with Gasteiger partial charge in [-0.1, -0.05) is 35.0 Å². The Balaban J connectivity index is 1.85. The molecule has 1 amide bonds. The molecule has 3 aromatic rings. The van der Waals surface area contributed by atoms with Crippen molar-refractivity contribution in [2.45, 2.75) is 19.4 Å². The Labute approximate surface area is 142 Å².